The lowest BCUT2D eigenvalue weighted by atomic mass is 9.53. The van der Waals surface area contributed by atoms with E-state index in [1.807, 2.05) is 37.3 Å². The van der Waals surface area contributed by atoms with Crippen LogP contribution in [0.2, 0.25) is 0 Å². The highest BCUT2D eigenvalue weighted by molar-refractivity contribution is 7.89. The van der Waals surface area contributed by atoms with Gasteiger partial charge in [-0.05, 0) is 43.0 Å². The van der Waals surface area contributed by atoms with Crippen LogP contribution in [-0.4, -0.2) is 37.1 Å². The highest BCUT2D eigenvalue weighted by atomic mass is 32.2. The van der Waals surface area contributed by atoms with Crippen molar-refractivity contribution in [2.75, 3.05) is 11.4 Å². The zero-order valence-electron chi connectivity index (χ0n) is 17.0. The summed E-state index contributed by atoms with van der Waals surface area (Å²) in [6, 6.07) is 15.6. The van der Waals surface area contributed by atoms with Crippen molar-refractivity contribution < 1.29 is 18.0 Å². The van der Waals surface area contributed by atoms with Crippen LogP contribution >= 0.6 is 0 Å². The van der Waals surface area contributed by atoms with Gasteiger partial charge in [-0.1, -0.05) is 48.0 Å². The van der Waals surface area contributed by atoms with Gasteiger partial charge in [-0.3, -0.25) is 14.5 Å². The number of anilines is 1. The number of hydrogen-bond acceptors (Lipinski definition) is 4. The van der Waals surface area contributed by atoms with Gasteiger partial charge in [0.05, 0.1) is 22.4 Å². The Morgan fingerprint density at radius 2 is 1.45 bits per heavy atom. The molecule has 1 saturated carbocycles. The van der Waals surface area contributed by atoms with Gasteiger partial charge < -0.3 is 0 Å². The average Bonchev–Trinajstić information content (AvgIpc) is 3.01. The van der Waals surface area contributed by atoms with Crippen LogP contribution in [-0.2, 0) is 19.6 Å². The molecule has 2 heterocycles. The number of amides is 2. The minimum atomic E-state index is -3.65. The Bertz CT molecular complexity index is 1220. The molecular weight excluding hydrogens is 412 g/mol. The summed E-state index contributed by atoms with van der Waals surface area (Å²) in [4.78, 5) is 28.3. The van der Waals surface area contributed by atoms with Crippen LogP contribution in [0, 0.1) is 36.5 Å². The maximum Gasteiger partial charge on any atom is 0.243 e. The van der Waals surface area contributed by atoms with Crippen LogP contribution in [0.3, 0.4) is 0 Å². The van der Waals surface area contributed by atoms with E-state index >= 15 is 0 Å². The molecule has 3 fully saturated rings. The maximum atomic E-state index is 13.4. The van der Waals surface area contributed by atoms with Crippen LogP contribution in [0.4, 0.5) is 5.69 Å². The molecule has 2 bridgehead atoms. The number of carbonyl (C=O) groups is 2. The highest BCUT2D eigenvalue weighted by Gasteiger charge is 2.68. The third-order valence-corrected chi connectivity index (χ3v) is 9.35. The van der Waals surface area contributed by atoms with Gasteiger partial charge in [-0.25, -0.2) is 8.42 Å². The lowest BCUT2D eigenvalue weighted by molar-refractivity contribution is -0.135. The molecule has 158 valence electrons. The van der Waals surface area contributed by atoms with Crippen molar-refractivity contribution in [1.82, 2.24) is 4.31 Å². The number of allylic oxidation sites excluding steroid dienone is 1. The SMILES string of the molecule is Cc1ccc(S(=O)(=O)N2C[C@@H]3[C@H]4C=C[C@@H]([C@@H]5C(=O)N(c6ccccc6)C(=O)[C@@H]45)[C@@H]32)cc1. The van der Waals surface area contributed by atoms with Crippen molar-refractivity contribution in [1.29, 1.82) is 0 Å². The second-order valence-corrected chi connectivity index (χ2v) is 10.9. The molecule has 7 rings (SSSR count). The van der Waals surface area contributed by atoms with E-state index in [0.29, 0.717) is 12.2 Å². The summed E-state index contributed by atoms with van der Waals surface area (Å²) in [5, 5.41) is 0. The number of rotatable bonds is 3. The summed E-state index contributed by atoms with van der Waals surface area (Å²) in [5.74, 6) is -1.57. The molecule has 3 aliphatic carbocycles. The largest absolute Gasteiger partial charge is 0.274 e. The molecule has 6 nitrogen and oxygen atoms in total. The molecule has 2 aromatic rings. The van der Waals surface area contributed by atoms with Gasteiger partial charge in [0.2, 0.25) is 21.8 Å². The summed E-state index contributed by atoms with van der Waals surface area (Å²) in [6.45, 7) is 2.31. The van der Waals surface area contributed by atoms with Crippen LogP contribution in [0.5, 0.6) is 0 Å². The van der Waals surface area contributed by atoms with E-state index in [4.69, 9.17) is 0 Å². The minimum absolute atomic E-state index is 0.0731. The quantitative estimate of drug-likeness (QED) is 0.550. The number of carbonyl (C=O) groups excluding carboxylic acids is 2. The third kappa shape index (κ3) is 2.44. The fraction of sp³-hybridized carbons (Fsp3) is 0.333. The first-order valence-electron chi connectivity index (χ1n) is 10.6. The number of para-hydroxylation sites is 1. The number of hydrogen-bond donors (Lipinski definition) is 0. The summed E-state index contributed by atoms with van der Waals surface area (Å²) < 4.78 is 28.2. The molecule has 0 unspecified atom stereocenters. The van der Waals surface area contributed by atoms with E-state index in [1.165, 1.54) is 4.90 Å². The monoisotopic (exact) mass is 434 g/mol. The molecule has 2 saturated heterocycles. The zero-order valence-corrected chi connectivity index (χ0v) is 17.8. The zero-order chi connectivity index (χ0) is 21.5. The van der Waals surface area contributed by atoms with Gasteiger partial charge in [0.1, 0.15) is 0 Å². The predicted molar refractivity (Wildman–Crippen MR) is 114 cm³/mol. The Kier molecular flexibility index (Phi) is 3.90. The Morgan fingerprint density at radius 3 is 2.13 bits per heavy atom. The fourth-order valence-corrected chi connectivity index (χ4v) is 7.77. The Balaban J connectivity index is 1.35. The Labute approximate surface area is 181 Å². The van der Waals surface area contributed by atoms with Crippen molar-refractivity contribution >= 4 is 27.5 Å². The van der Waals surface area contributed by atoms with Crippen LogP contribution < -0.4 is 4.90 Å². The lowest BCUT2D eigenvalue weighted by Gasteiger charge is -2.60. The second-order valence-electron chi connectivity index (χ2n) is 8.98. The number of imide groups is 1. The summed E-state index contributed by atoms with van der Waals surface area (Å²) >= 11 is 0. The summed E-state index contributed by atoms with van der Waals surface area (Å²) in [6.07, 6.45) is 4.02. The first kappa shape index (κ1) is 19.0. The minimum Gasteiger partial charge on any atom is -0.274 e. The van der Waals surface area contributed by atoms with E-state index in [0.717, 1.165) is 5.56 Å². The number of sulfonamides is 1. The van der Waals surface area contributed by atoms with E-state index in [9.17, 15) is 18.0 Å². The van der Waals surface area contributed by atoms with Gasteiger partial charge in [-0.2, -0.15) is 4.31 Å². The van der Waals surface area contributed by atoms with Gasteiger partial charge >= 0.3 is 0 Å². The fourth-order valence-electron chi connectivity index (χ4n) is 6.03. The Morgan fingerprint density at radius 1 is 0.839 bits per heavy atom. The topological polar surface area (TPSA) is 74.8 Å². The highest BCUT2D eigenvalue weighted by Crippen LogP contribution is 2.58. The Hall–Kier alpha value is -2.77. The van der Waals surface area contributed by atoms with E-state index in [2.05, 4.69) is 0 Å². The van der Waals surface area contributed by atoms with E-state index < -0.39 is 21.9 Å². The first-order chi connectivity index (χ1) is 14.9. The smallest absolute Gasteiger partial charge is 0.243 e. The molecule has 31 heavy (non-hydrogen) atoms. The lowest BCUT2D eigenvalue weighted by Crippen LogP contribution is -2.70. The molecule has 0 aromatic heterocycles. The summed E-state index contributed by atoms with van der Waals surface area (Å²) in [7, 11) is -3.65. The molecule has 0 spiro atoms. The van der Waals surface area contributed by atoms with Crippen molar-refractivity contribution in [3.05, 3.63) is 72.3 Å². The van der Waals surface area contributed by atoms with E-state index in [-0.39, 0.29) is 40.5 Å². The third-order valence-electron chi connectivity index (χ3n) is 7.48. The molecule has 0 radical (unpaired) electrons. The predicted octanol–water partition coefficient (Wildman–Crippen LogP) is 2.61. The van der Waals surface area contributed by atoms with Crippen molar-refractivity contribution in [2.24, 2.45) is 29.6 Å². The molecule has 6 atom stereocenters. The molecule has 2 aromatic carbocycles. The van der Waals surface area contributed by atoms with Gasteiger partial charge in [0.15, 0.2) is 0 Å². The van der Waals surface area contributed by atoms with Crippen molar-refractivity contribution in [2.45, 2.75) is 17.9 Å². The summed E-state index contributed by atoms with van der Waals surface area (Å²) in [5.41, 5.74) is 1.58. The standard InChI is InChI=1S/C24H22N2O4S/c1-14-7-9-16(10-8-14)31(29,30)25-13-19-17-11-12-18(22(19)25)21-20(17)23(27)26(24(21)28)15-5-3-2-4-6-15/h2-12,17-22H,13H2,1H3/t17-,18+,19-,20+,21+,22+/m1/s1. The molecule has 7 heteroatoms. The van der Waals surface area contributed by atoms with Crippen LogP contribution in [0.15, 0.2) is 71.6 Å². The average molecular weight is 435 g/mol. The number of aryl methyl sites for hydroxylation is 1. The molecule has 5 aliphatic rings. The van der Waals surface area contributed by atoms with E-state index in [1.54, 1.807) is 40.7 Å². The second kappa shape index (κ2) is 6.37. The molecular formula is C24H22N2O4S. The molecule has 2 aliphatic heterocycles. The number of nitrogens with zero attached hydrogens (tertiary/aromatic N) is 2. The van der Waals surface area contributed by atoms with Crippen LogP contribution in [0.1, 0.15) is 5.56 Å². The van der Waals surface area contributed by atoms with Gasteiger partial charge in [0, 0.05) is 18.5 Å². The van der Waals surface area contributed by atoms with Crippen molar-refractivity contribution in [3.63, 3.8) is 0 Å². The first-order valence-corrected chi connectivity index (χ1v) is 12.0. The van der Waals surface area contributed by atoms with Crippen molar-refractivity contribution in [3.8, 4) is 0 Å². The molecule has 0 N–H and O–H groups in total. The van der Waals surface area contributed by atoms with Gasteiger partial charge in [0.25, 0.3) is 0 Å². The normalized spacial score (nSPS) is 33.9. The van der Waals surface area contributed by atoms with Gasteiger partial charge in [-0.15, -0.1) is 0 Å². The molecule has 2 amide bonds. The maximum absolute atomic E-state index is 13.4. The number of benzene rings is 2. The van der Waals surface area contributed by atoms with Crippen LogP contribution in [0.25, 0.3) is 0 Å².